The van der Waals surface area contributed by atoms with E-state index in [1.807, 2.05) is 25.1 Å². The molecule has 16 heteroatoms. The molecule has 2 aliphatic carbocycles. The molecule has 6 atom stereocenters. The molecule has 2 fully saturated rings. The number of amides is 3. The first-order valence-electron chi connectivity index (χ1n) is 20.5. The topological polar surface area (TPSA) is 165 Å². The molecule has 3 amide bonds. The summed E-state index contributed by atoms with van der Waals surface area (Å²) in [6.07, 6.45) is 9.63. The highest BCUT2D eigenvalue weighted by Crippen LogP contribution is 2.49. The summed E-state index contributed by atoms with van der Waals surface area (Å²) in [4.78, 5) is 45.7. The molecule has 2 aromatic carbocycles. The first-order valence-corrected chi connectivity index (χ1v) is 22.6. The van der Waals surface area contributed by atoms with Crippen molar-refractivity contribution in [3.63, 3.8) is 0 Å². The van der Waals surface area contributed by atoms with Gasteiger partial charge in [0, 0.05) is 55.4 Å². The molecule has 2 bridgehead atoms. The molecule has 0 radical (unpaired) electrons. The van der Waals surface area contributed by atoms with E-state index in [0.717, 1.165) is 32.1 Å². The van der Waals surface area contributed by atoms with Crippen molar-refractivity contribution in [1.82, 2.24) is 19.4 Å². The van der Waals surface area contributed by atoms with Crippen molar-refractivity contribution >= 4 is 44.9 Å². The summed E-state index contributed by atoms with van der Waals surface area (Å²) in [5, 5.41) is 17.5. The van der Waals surface area contributed by atoms with Crippen LogP contribution in [0, 0.1) is 17.8 Å². The third-order valence-corrected chi connectivity index (χ3v) is 15.0. The van der Waals surface area contributed by atoms with E-state index in [4.69, 9.17) is 25.8 Å². The van der Waals surface area contributed by atoms with Crippen molar-refractivity contribution in [1.29, 1.82) is 0 Å². The fourth-order valence-electron chi connectivity index (χ4n) is 9.68. The second kappa shape index (κ2) is 16.5. The highest BCUT2D eigenvalue weighted by Gasteiger charge is 2.49. The summed E-state index contributed by atoms with van der Waals surface area (Å²) < 4.78 is 40.5. The van der Waals surface area contributed by atoms with E-state index in [-0.39, 0.29) is 52.8 Å². The van der Waals surface area contributed by atoms with E-state index in [2.05, 4.69) is 25.1 Å². The number of morpholine rings is 1. The number of hydrogen-bond donors (Lipinski definition) is 2. The smallest absolute Gasteiger partial charge is 0.286 e. The zero-order valence-electron chi connectivity index (χ0n) is 33.9. The normalized spacial score (nSPS) is 30.1. The van der Waals surface area contributed by atoms with Crippen LogP contribution in [-0.4, -0.2) is 106 Å². The maximum atomic E-state index is 14.8. The lowest BCUT2D eigenvalue weighted by Gasteiger charge is -2.49. The lowest BCUT2D eigenvalue weighted by Crippen LogP contribution is -2.54. The fraction of sp³-hybridized carbons (Fsp3) is 0.535. The largest absolute Gasteiger partial charge is 0.490 e. The van der Waals surface area contributed by atoms with E-state index in [1.165, 1.54) is 29.1 Å². The third-order valence-electron chi connectivity index (χ3n) is 12.8. The van der Waals surface area contributed by atoms with Crippen LogP contribution in [0.1, 0.15) is 77.3 Å². The van der Waals surface area contributed by atoms with E-state index < -0.39 is 32.7 Å². The molecule has 59 heavy (non-hydrogen) atoms. The minimum Gasteiger partial charge on any atom is -0.490 e. The Labute approximate surface area is 350 Å². The van der Waals surface area contributed by atoms with E-state index >= 15 is 0 Å². The van der Waals surface area contributed by atoms with Crippen LogP contribution in [-0.2, 0) is 38.3 Å². The number of carbonyl (C=O) groups excluding carboxylic acids is 3. The number of nitrogens with one attached hydrogen (secondary N) is 1. The maximum Gasteiger partial charge on any atom is 0.286 e. The Balaban J connectivity index is 1.21. The molecular weight excluding hydrogens is 796 g/mol. The van der Waals surface area contributed by atoms with Crippen molar-refractivity contribution in [2.24, 2.45) is 29.2 Å². The van der Waals surface area contributed by atoms with Gasteiger partial charge in [-0.05, 0) is 97.7 Å². The first-order chi connectivity index (χ1) is 28.3. The summed E-state index contributed by atoms with van der Waals surface area (Å²) in [6, 6.07) is 11.2. The minimum atomic E-state index is -3.74. The number of anilines is 1. The van der Waals surface area contributed by atoms with Crippen molar-refractivity contribution < 1.29 is 37.9 Å². The molecule has 316 valence electrons. The number of rotatable bonds is 5. The van der Waals surface area contributed by atoms with Gasteiger partial charge in [-0.2, -0.15) is 0 Å². The molecular formula is C43H53ClN6O8S. The summed E-state index contributed by atoms with van der Waals surface area (Å²) in [6.45, 7) is 5.22. The number of nitrogens with zero attached hydrogens (tertiary/aromatic N) is 5. The molecule has 3 aliphatic heterocycles. The van der Waals surface area contributed by atoms with Crippen LogP contribution < -0.4 is 19.1 Å². The maximum absolute atomic E-state index is 14.8. The molecule has 2 N–H and O–H groups in total. The Morgan fingerprint density at radius 3 is 2.73 bits per heavy atom. The molecule has 1 spiro atoms. The highest BCUT2D eigenvalue weighted by atomic mass is 35.5. The number of aliphatic hydroxyl groups is 1. The number of halogens is 1. The first kappa shape index (κ1) is 41.3. The summed E-state index contributed by atoms with van der Waals surface area (Å²) in [7, 11) is -0.731. The SMILES string of the molecule is COc1nn(C)cc1C(=O)NS1(=O)=NC(=O)c2ccc3c(c2)N(C[C@@H]2CC[C@H]2[C@](O)(CC(=O)N2CCOCC2)/C=C/C[C@H](C)C1)C[C@@]1(CCCc2cc(Cl)ccc21)CO3. The average Bonchev–Trinajstić information content (AvgIpc) is 3.51. The molecule has 1 aromatic heterocycles. The molecule has 1 saturated carbocycles. The molecule has 4 heterocycles. The van der Waals surface area contributed by atoms with Crippen LogP contribution in [0.15, 0.2) is 59.1 Å². The zero-order chi connectivity index (χ0) is 41.5. The Bertz CT molecular complexity index is 2280. The van der Waals surface area contributed by atoms with Gasteiger partial charge < -0.3 is 29.1 Å². The lowest BCUT2D eigenvalue weighted by atomic mass is 9.63. The van der Waals surface area contributed by atoms with Gasteiger partial charge in [-0.25, -0.2) is 4.21 Å². The van der Waals surface area contributed by atoms with Gasteiger partial charge in [0.05, 0.1) is 50.4 Å². The van der Waals surface area contributed by atoms with Gasteiger partial charge in [-0.15, -0.1) is 9.46 Å². The Morgan fingerprint density at radius 1 is 1.15 bits per heavy atom. The van der Waals surface area contributed by atoms with Gasteiger partial charge >= 0.3 is 0 Å². The Morgan fingerprint density at radius 2 is 1.97 bits per heavy atom. The van der Waals surface area contributed by atoms with Crippen LogP contribution >= 0.6 is 11.6 Å². The Hall–Kier alpha value is -4.44. The van der Waals surface area contributed by atoms with Crippen LogP contribution in [0.25, 0.3) is 0 Å². The minimum absolute atomic E-state index is 0.0196. The second-order valence-electron chi connectivity index (χ2n) is 17.0. The lowest BCUT2D eigenvalue weighted by molar-refractivity contribution is -0.143. The number of allylic oxidation sites excluding steroid dienone is 1. The predicted molar refractivity (Wildman–Crippen MR) is 223 cm³/mol. The van der Waals surface area contributed by atoms with Gasteiger partial charge in [0.1, 0.15) is 21.2 Å². The van der Waals surface area contributed by atoms with Gasteiger partial charge in [-0.1, -0.05) is 36.7 Å². The summed E-state index contributed by atoms with van der Waals surface area (Å²) in [5.74, 6) is -1.72. The van der Waals surface area contributed by atoms with Gasteiger partial charge in [-0.3, -0.25) is 23.8 Å². The van der Waals surface area contributed by atoms with Gasteiger partial charge in [0.25, 0.3) is 11.8 Å². The number of aromatic nitrogens is 2. The monoisotopic (exact) mass is 848 g/mol. The van der Waals surface area contributed by atoms with E-state index in [9.17, 15) is 23.7 Å². The molecule has 1 unspecified atom stereocenters. The zero-order valence-corrected chi connectivity index (χ0v) is 35.4. The van der Waals surface area contributed by atoms with Crippen LogP contribution in [0.3, 0.4) is 0 Å². The highest BCUT2D eigenvalue weighted by molar-refractivity contribution is 7.92. The van der Waals surface area contributed by atoms with Crippen LogP contribution in [0.2, 0.25) is 5.02 Å². The molecule has 8 rings (SSSR count). The quantitative estimate of drug-likeness (QED) is 0.330. The molecule has 1 saturated heterocycles. The van der Waals surface area contributed by atoms with Crippen LogP contribution in [0.4, 0.5) is 5.69 Å². The molecule has 14 nitrogen and oxygen atoms in total. The van der Waals surface area contributed by atoms with Crippen molar-refractivity contribution in [3.8, 4) is 11.6 Å². The molecule has 3 aromatic rings. The standard InChI is InChI=1S/C43H53ClN6O8S/c1-28-6-4-15-43(54,22-38(51)49-16-18-57-19-17-49)35-11-8-31(35)23-50-26-42(14-5-7-29-20-32(44)10-12-34(29)42)27-58-37-13-9-30(21-36(37)50)39(52)46-59(55,25-28)47-40(53)33-24-48(2)45-41(33)56-3/h4,9-10,12-13,15,20-21,24,28,31,35,54H,5-8,11,14,16-19,22-23,25-27H2,1-3H3,(H,46,47,52,53,55)/b15-4+/t28-,31-,35+,42-,43+,59?/m0/s1. The number of methoxy groups -OCH3 is 1. The number of aryl methyl sites for hydroxylation is 2. The summed E-state index contributed by atoms with van der Waals surface area (Å²) >= 11 is 6.49. The predicted octanol–water partition coefficient (Wildman–Crippen LogP) is 5.11. The number of carbonyl (C=O) groups is 3. The average molecular weight is 849 g/mol. The fourth-order valence-corrected chi connectivity index (χ4v) is 11.8. The molecule has 5 aliphatic rings. The van der Waals surface area contributed by atoms with Crippen molar-refractivity contribution in [2.45, 2.75) is 62.9 Å². The van der Waals surface area contributed by atoms with Crippen molar-refractivity contribution in [3.05, 3.63) is 82.0 Å². The number of ether oxygens (including phenoxy) is 3. The van der Waals surface area contributed by atoms with Crippen molar-refractivity contribution in [2.75, 3.05) is 63.8 Å². The number of hydrogen-bond acceptors (Lipinski definition) is 10. The van der Waals surface area contributed by atoms with Gasteiger partial charge in [0.15, 0.2) is 0 Å². The van der Waals surface area contributed by atoms with E-state index in [1.54, 1.807) is 36.2 Å². The second-order valence-corrected chi connectivity index (χ2v) is 19.4. The van der Waals surface area contributed by atoms with Crippen LogP contribution in [0.5, 0.6) is 11.6 Å². The number of fused-ring (bicyclic) bond motifs is 4. The third kappa shape index (κ3) is 8.48. The van der Waals surface area contributed by atoms with E-state index in [0.29, 0.717) is 68.9 Å². The number of benzene rings is 2. The Kier molecular flexibility index (Phi) is 11.6. The van der Waals surface area contributed by atoms with Gasteiger partial charge in [0.2, 0.25) is 11.8 Å². The summed E-state index contributed by atoms with van der Waals surface area (Å²) in [5.41, 5.74) is 1.46.